The average molecular weight is 302 g/mol. The van der Waals surface area contributed by atoms with Crippen LogP contribution in [-0.2, 0) is 11.2 Å². The third-order valence-corrected chi connectivity index (χ3v) is 3.05. The van der Waals surface area contributed by atoms with Gasteiger partial charge in [-0.2, -0.15) is 5.26 Å². The second kappa shape index (κ2) is 6.68. The lowest BCUT2D eigenvalue weighted by Gasteiger charge is -2.16. The number of anilines is 1. The lowest BCUT2D eigenvalue weighted by Crippen LogP contribution is -2.37. The van der Waals surface area contributed by atoms with Crippen LogP contribution in [0.3, 0.4) is 0 Å². The highest BCUT2D eigenvalue weighted by molar-refractivity contribution is 6.30. The van der Waals surface area contributed by atoms with E-state index in [0.29, 0.717) is 12.2 Å². The number of amides is 1. The molecule has 3 N–H and O–H groups in total. The van der Waals surface area contributed by atoms with Crippen LogP contribution in [0.1, 0.15) is 11.3 Å². The summed E-state index contributed by atoms with van der Waals surface area (Å²) in [5.41, 5.74) is 6.38. The Balaban J connectivity index is 2.15. The monoisotopic (exact) mass is 301 g/mol. The van der Waals surface area contributed by atoms with Gasteiger partial charge in [-0.3, -0.25) is 4.79 Å². The van der Waals surface area contributed by atoms with Gasteiger partial charge in [0.15, 0.2) is 10.8 Å². The summed E-state index contributed by atoms with van der Waals surface area (Å²) < 4.78 is 0. The smallest absolute Gasteiger partial charge is 0.240 e. The molecule has 0 aliphatic carbocycles. The molecule has 21 heavy (non-hydrogen) atoms. The number of nitrogens with two attached hydrogens (primary N) is 1. The predicted octanol–water partition coefficient (Wildman–Crippen LogP) is 1.51. The number of halogens is 1. The van der Waals surface area contributed by atoms with Crippen LogP contribution in [0.25, 0.3) is 0 Å². The Bertz CT molecular complexity index is 684. The van der Waals surface area contributed by atoms with Crippen LogP contribution in [0.5, 0.6) is 0 Å². The minimum Gasteiger partial charge on any atom is -0.368 e. The molecule has 106 valence electrons. The van der Waals surface area contributed by atoms with Gasteiger partial charge in [-0.05, 0) is 5.56 Å². The third-order valence-electron chi connectivity index (χ3n) is 2.78. The molecule has 1 aromatic carbocycles. The summed E-state index contributed by atoms with van der Waals surface area (Å²) in [5, 5.41) is 11.6. The zero-order chi connectivity index (χ0) is 15.2. The van der Waals surface area contributed by atoms with Gasteiger partial charge in [-0.15, -0.1) is 0 Å². The first kappa shape index (κ1) is 14.8. The maximum Gasteiger partial charge on any atom is 0.240 e. The summed E-state index contributed by atoms with van der Waals surface area (Å²) in [7, 11) is 0. The molecule has 1 atom stereocenters. The van der Waals surface area contributed by atoms with Gasteiger partial charge >= 0.3 is 0 Å². The van der Waals surface area contributed by atoms with Gasteiger partial charge in [-0.25, -0.2) is 9.97 Å². The van der Waals surface area contributed by atoms with Crippen molar-refractivity contribution in [1.29, 1.82) is 5.26 Å². The number of carbonyl (C=O) groups is 1. The van der Waals surface area contributed by atoms with Gasteiger partial charge in [0.25, 0.3) is 0 Å². The number of nitriles is 1. The third kappa shape index (κ3) is 3.91. The quantitative estimate of drug-likeness (QED) is 0.871. The molecule has 0 fully saturated rings. The van der Waals surface area contributed by atoms with Crippen molar-refractivity contribution in [3.05, 3.63) is 52.9 Å². The Labute approximate surface area is 126 Å². The van der Waals surface area contributed by atoms with Gasteiger partial charge in [0.2, 0.25) is 5.91 Å². The van der Waals surface area contributed by atoms with Crippen LogP contribution >= 0.6 is 11.6 Å². The highest BCUT2D eigenvalue weighted by atomic mass is 35.5. The Morgan fingerprint density at radius 1 is 1.43 bits per heavy atom. The second-order valence-electron chi connectivity index (χ2n) is 4.30. The Hall–Kier alpha value is -2.65. The van der Waals surface area contributed by atoms with Crippen molar-refractivity contribution >= 4 is 23.3 Å². The van der Waals surface area contributed by atoms with Gasteiger partial charge < -0.3 is 11.1 Å². The number of nitrogens with zero attached hydrogens (tertiary/aromatic N) is 3. The molecule has 1 aromatic heterocycles. The lowest BCUT2D eigenvalue weighted by molar-refractivity contribution is -0.118. The maximum atomic E-state index is 11.5. The highest BCUT2D eigenvalue weighted by Crippen LogP contribution is 2.14. The van der Waals surface area contributed by atoms with Crippen molar-refractivity contribution in [3.63, 3.8) is 0 Å². The molecule has 1 amide bonds. The predicted molar refractivity (Wildman–Crippen MR) is 78.5 cm³/mol. The number of rotatable bonds is 5. The van der Waals surface area contributed by atoms with Crippen LogP contribution in [-0.4, -0.2) is 21.9 Å². The fourth-order valence-corrected chi connectivity index (χ4v) is 1.94. The average Bonchev–Trinajstić information content (AvgIpc) is 2.48. The molecule has 1 unspecified atom stereocenters. The largest absolute Gasteiger partial charge is 0.368 e. The number of hydrogen-bond donors (Lipinski definition) is 2. The molecule has 0 aliphatic rings. The molecule has 0 aliphatic heterocycles. The van der Waals surface area contributed by atoms with Crippen molar-refractivity contribution in [2.45, 2.75) is 12.5 Å². The van der Waals surface area contributed by atoms with Crippen LogP contribution in [0.4, 0.5) is 5.82 Å². The minimum atomic E-state index is -0.647. The zero-order valence-corrected chi connectivity index (χ0v) is 11.7. The molecule has 7 heteroatoms. The van der Waals surface area contributed by atoms with Gasteiger partial charge in [0, 0.05) is 6.42 Å². The summed E-state index contributed by atoms with van der Waals surface area (Å²) in [6, 6.07) is 10.6. The SMILES string of the molecule is N#Cc1ncc(NC(Cc2ccccc2)C(N)=O)nc1Cl. The minimum absolute atomic E-state index is 0.0227. The van der Waals surface area contributed by atoms with Gasteiger partial charge in [-0.1, -0.05) is 41.9 Å². The van der Waals surface area contributed by atoms with Gasteiger partial charge in [0.1, 0.15) is 17.9 Å². The van der Waals surface area contributed by atoms with Crippen LogP contribution in [0, 0.1) is 11.3 Å². The van der Waals surface area contributed by atoms with Crippen LogP contribution < -0.4 is 11.1 Å². The molecule has 0 spiro atoms. The normalized spacial score (nSPS) is 11.4. The molecular weight excluding hydrogens is 290 g/mol. The molecular formula is C14H12ClN5O. The zero-order valence-electron chi connectivity index (χ0n) is 11.0. The summed E-state index contributed by atoms with van der Waals surface area (Å²) in [6.07, 6.45) is 1.75. The van der Waals surface area contributed by atoms with E-state index in [2.05, 4.69) is 15.3 Å². The molecule has 2 aromatic rings. The van der Waals surface area contributed by atoms with E-state index in [9.17, 15) is 4.79 Å². The molecule has 0 radical (unpaired) electrons. The van der Waals surface area contributed by atoms with Crippen LogP contribution in [0.2, 0.25) is 5.15 Å². The standard InChI is InChI=1S/C14H12ClN5O/c15-13-11(7-16)18-8-12(20-13)19-10(14(17)21)6-9-4-2-1-3-5-9/h1-5,8,10H,6H2,(H2,17,21)(H,19,20). The molecule has 2 rings (SSSR count). The van der Waals surface area contributed by atoms with E-state index in [1.807, 2.05) is 36.4 Å². The van der Waals surface area contributed by atoms with E-state index >= 15 is 0 Å². The topological polar surface area (TPSA) is 105 Å². The fourth-order valence-electron chi connectivity index (χ4n) is 1.76. The molecule has 0 saturated heterocycles. The Kier molecular flexibility index (Phi) is 4.69. The first-order valence-corrected chi connectivity index (χ1v) is 6.50. The van der Waals surface area contributed by atoms with Gasteiger partial charge in [0.05, 0.1) is 6.20 Å². The number of primary amides is 1. The van der Waals surface area contributed by atoms with Crippen molar-refractivity contribution < 1.29 is 4.79 Å². The van der Waals surface area contributed by atoms with E-state index in [4.69, 9.17) is 22.6 Å². The Morgan fingerprint density at radius 2 is 2.14 bits per heavy atom. The summed E-state index contributed by atoms with van der Waals surface area (Å²) >= 11 is 5.80. The van der Waals surface area contributed by atoms with Crippen LogP contribution in [0.15, 0.2) is 36.5 Å². The second-order valence-corrected chi connectivity index (χ2v) is 4.65. The van der Waals surface area contributed by atoms with Crippen molar-refractivity contribution in [1.82, 2.24) is 9.97 Å². The van der Waals surface area contributed by atoms with E-state index < -0.39 is 11.9 Å². The maximum absolute atomic E-state index is 11.5. The Morgan fingerprint density at radius 3 is 2.71 bits per heavy atom. The van der Waals surface area contributed by atoms with E-state index in [-0.39, 0.29) is 10.8 Å². The lowest BCUT2D eigenvalue weighted by atomic mass is 10.1. The summed E-state index contributed by atoms with van der Waals surface area (Å²) in [5.74, 6) is -0.222. The number of hydrogen-bond acceptors (Lipinski definition) is 5. The molecule has 0 bridgehead atoms. The van der Waals surface area contributed by atoms with Crippen molar-refractivity contribution in [2.75, 3.05) is 5.32 Å². The first-order valence-electron chi connectivity index (χ1n) is 6.12. The fraction of sp³-hybridized carbons (Fsp3) is 0.143. The first-order chi connectivity index (χ1) is 10.1. The summed E-state index contributed by atoms with van der Waals surface area (Å²) in [6.45, 7) is 0. The highest BCUT2D eigenvalue weighted by Gasteiger charge is 2.17. The molecule has 6 nitrogen and oxygen atoms in total. The van der Waals surface area contributed by atoms with E-state index in [0.717, 1.165) is 5.56 Å². The van der Waals surface area contributed by atoms with E-state index in [1.54, 1.807) is 0 Å². The number of nitrogens with one attached hydrogen (secondary N) is 1. The van der Waals surface area contributed by atoms with E-state index in [1.165, 1.54) is 6.20 Å². The molecule has 0 saturated carbocycles. The van der Waals surface area contributed by atoms with Crippen molar-refractivity contribution in [3.8, 4) is 6.07 Å². The summed E-state index contributed by atoms with van der Waals surface area (Å²) in [4.78, 5) is 19.4. The van der Waals surface area contributed by atoms with Crippen molar-refractivity contribution in [2.24, 2.45) is 5.73 Å². The number of benzene rings is 1. The number of aromatic nitrogens is 2. The molecule has 1 heterocycles. The number of carbonyl (C=O) groups excluding carboxylic acids is 1.